The van der Waals surface area contributed by atoms with Crippen molar-refractivity contribution in [3.05, 3.63) is 76.4 Å². The molecule has 0 unspecified atom stereocenters. The van der Waals surface area contributed by atoms with Crippen LogP contribution in [0.2, 0.25) is 0 Å². The quantitative estimate of drug-likeness (QED) is 0.262. The highest BCUT2D eigenvalue weighted by atomic mass is 19.1. The second-order valence-corrected chi connectivity index (χ2v) is 10.7. The molecule has 9 heteroatoms. The van der Waals surface area contributed by atoms with E-state index in [1.54, 1.807) is 19.1 Å². The largest absolute Gasteiger partial charge is 0.348 e. The van der Waals surface area contributed by atoms with Gasteiger partial charge in [-0.1, -0.05) is 13.0 Å². The summed E-state index contributed by atoms with van der Waals surface area (Å²) in [5.74, 6) is -0.429. The summed E-state index contributed by atoms with van der Waals surface area (Å²) < 4.78 is 18.2. The molecular formula is C31H29FN6O2. The van der Waals surface area contributed by atoms with E-state index in [9.17, 15) is 14.0 Å². The number of nitrogens with zero attached hydrogens (tertiary/aromatic N) is 3. The Balaban J connectivity index is 1.40. The van der Waals surface area contributed by atoms with Crippen molar-refractivity contribution < 1.29 is 14.0 Å². The van der Waals surface area contributed by atoms with E-state index in [1.165, 1.54) is 11.6 Å². The monoisotopic (exact) mass is 536 g/mol. The van der Waals surface area contributed by atoms with E-state index in [4.69, 9.17) is 0 Å². The molecule has 1 aliphatic heterocycles. The molecule has 3 N–H and O–H groups in total. The molecule has 0 bridgehead atoms. The van der Waals surface area contributed by atoms with E-state index in [0.717, 1.165) is 75.6 Å². The molecule has 3 aromatic carbocycles. The summed E-state index contributed by atoms with van der Waals surface area (Å²) in [6.07, 6.45) is 4.60. The zero-order valence-corrected chi connectivity index (χ0v) is 22.6. The third-order valence-electron chi connectivity index (χ3n) is 8.08. The Bertz CT molecular complexity index is 1900. The standard InChI is InChI=1S/C31H29FN6O2/c1-4-11-38-25-10-7-17(34-31(40)35-18-6-5-16(2)23(32)13-18)12-20(25)27-21-14-33-30(39)28(21)26-19(29(27)38)8-9-24-22(26)15-37(3)36-24/h5-7,10,12-13,15H,4,8-9,11,14H2,1-3H3,(H,33,39)(H2,34,35,40). The van der Waals surface area contributed by atoms with Gasteiger partial charge in [-0.15, -0.1) is 0 Å². The molecule has 0 saturated heterocycles. The number of anilines is 2. The third kappa shape index (κ3) is 3.61. The fraction of sp³-hybridized carbons (Fsp3) is 0.258. The molecule has 0 radical (unpaired) electrons. The van der Waals surface area contributed by atoms with Crippen LogP contribution >= 0.6 is 0 Å². The minimum absolute atomic E-state index is 0.0553. The van der Waals surface area contributed by atoms with E-state index < -0.39 is 6.03 Å². The molecular weight excluding hydrogens is 507 g/mol. The number of hydrogen-bond acceptors (Lipinski definition) is 3. The Hall–Kier alpha value is -4.66. The van der Waals surface area contributed by atoms with E-state index in [-0.39, 0.29) is 11.7 Å². The van der Waals surface area contributed by atoms with Crippen LogP contribution in [0.25, 0.3) is 32.9 Å². The minimum atomic E-state index is -0.455. The van der Waals surface area contributed by atoms with Gasteiger partial charge in [-0.05, 0) is 73.2 Å². The predicted molar refractivity (Wildman–Crippen MR) is 154 cm³/mol. The van der Waals surface area contributed by atoms with E-state index in [1.807, 2.05) is 36.1 Å². The molecule has 202 valence electrons. The number of aryl methyl sites for hydroxylation is 5. The number of nitrogens with one attached hydrogen (secondary N) is 3. The van der Waals surface area contributed by atoms with Gasteiger partial charge in [0.2, 0.25) is 0 Å². The summed E-state index contributed by atoms with van der Waals surface area (Å²) in [6.45, 7) is 5.13. The van der Waals surface area contributed by atoms with Gasteiger partial charge in [0.15, 0.2) is 0 Å². The van der Waals surface area contributed by atoms with Gasteiger partial charge in [0.05, 0.1) is 16.8 Å². The van der Waals surface area contributed by atoms with Gasteiger partial charge in [-0.2, -0.15) is 5.10 Å². The lowest BCUT2D eigenvalue weighted by molar-refractivity contribution is 0.0966. The third-order valence-corrected chi connectivity index (χ3v) is 8.08. The van der Waals surface area contributed by atoms with Crippen molar-refractivity contribution in [1.29, 1.82) is 0 Å². The number of urea groups is 1. The van der Waals surface area contributed by atoms with Gasteiger partial charge >= 0.3 is 6.03 Å². The topological polar surface area (TPSA) is 93.0 Å². The van der Waals surface area contributed by atoms with Crippen molar-refractivity contribution in [2.75, 3.05) is 10.6 Å². The van der Waals surface area contributed by atoms with Crippen molar-refractivity contribution in [2.24, 2.45) is 7.05 Å². The molecule has 3 amide bonds. The van der Waals surface area contributed by atoms with Gasteiger partial charge in [0.25, 0.3) is 5.91 Å². The lowest BCUT2D eigenvalue weighted by atomic mass is 9.82. The number of aromatic nitrogens is 3. The average molecular weight is 537 g/mol. The van der Waals surface area contributed by atoms with E-state index in [0.29, 0.717) is 23.5 Å². The summed E-state index contributed by atoms with van der Waals surface area (Å²) in [4.78, 5) is 26.1. The lowest BCUT2D eigenvalue weighted by Crippen LogP contribution is -2.19. The van der Waals surface area contributed by atoms with Crippen molar-refractivity contribution in [2.45, 2.75) is 46.2 Å². The number of benzene rings is 3. The molecule has 3 heterocycles. The second kappa shape index (κ2) is 8.94. The lowest BCUT2D eigenvalue weighted by Gasteiger charge is -2.21. The molecule has 5 aromatic rings. The fourth-order valence-corrected chi connectivity index (χ4v) is 6.41. The summed E-state index contributed by atoms with van der Waals surface area (Å²) in [6, 6.07) is 10.1. The zero-order valence-electron chi connectivity index (χ0n) is 22.6. The number of carbonyl (C=O) groups is 2. The average Bonchev–Trinajstić information content (AvgIpc) is 3.59. The predicted octanol–water partition coefficient (Wildman–Crippen LogP) is 6.04. The van der Waals surface area contributed by atoms with Gasteiger partial charge in [0.1, 0.15) is 5.82 Å². The van der Waals surface area contributed by atoms with Crippen LogP contribution in [-0.2, 0) is 33.0 Å². The van der Waals surface area contributed by atoms with Gasteiger partial charge in [0, 0.05) is 65.1 Å². The zero-order chi connectivity index (χ0) is 27.7. The molecule has 1 aliphatic carbocycles. The van der Waals surface area contributed by atoms with Crippen LogP contribution in [-0.4, -0.2) is 26.3 Å². The van der Waals surface area contributed by atoms with Crippen LogP contribution in [0.5, 0.6) is 0 Å². The Kier molecular flexibility index (Phi) is 5.45. The van der Waals surface area contributed by atoms with Crippen LogP contribution in [0, 0.1) is 12.7 Å². The normalized spacial score (nSPS) is 13.8. The maximum Gasteiger partial charge on any atom is 0.323 e. The van der Waals surface area contributed by atoms with Crippen LogP contribution in [0.15, 0.2) is 42.6 Å². The van der Waals surface area contributed by atoms with Crippen LogP contribution in [0.4, 0.5) is 20.6 Å². The highest BCUT2D eigenvalue weighted by Gasteiger charge is 2.35. The van der Waals surface area contributed by atoms with Crippen molar-refractivity contribution >= 4 is 45.1 Å². The first kappa shape index (κ1) is 24.4. The van der Waals surface area contributed by atoms with Crippen LogP contribution in [0.1, 0.15) is 46.1 Å². The number of rotatable bonds is 4. The van der Waals surface area contributed by atoms with Gasteiger partial charge < -0.3 is 20.5 Å². The Labute approximate surface area is 230 Å². The van der Waals surface area contributed by atoms with E-state index in [2.05, 4.69) is 32.5 Å². The first-order chi connectivity index (χ1) is 19.3. The molecule has 0 fully saturated rings. The van der Waals surface area contributed by atoms with Crippen molar-refractivity contribution in [1.82, 2.24) is 19.7 Å². The van der Waals surface area contributed by atoms with Gasteiger partial charge in [-0.3, -0.25) is 9.48 Å². The first-order valence-electron chi connectivity index (χ1n) is 13.6. The number of halogens is 1. The Morgan fingerprint density at radius 1 is 1.07 bits per heavy atom. The van der Waals surface area contributed by atoms with Crippen LogP contribution in [0.3, 0.4) is 0 Å². The Morgan fingerprint density at radius 2 is 1.85 bits per heavy atom. The molecule has 2 aromatic heterocycles. The van der Waals surface area contributed by atoms with Crippen LogP contribution < -0.4 is 16.0 Å². The van der Waals surface area contributed by atoms with Crippen molar-refractivity contribution in [3.63, 3.8) is 0 Å². The Morgan fingerprint density at radius 3 is 2.62 bits per heavy atom. The highest BCUT2D eigenvalue weighted by Crippen LogP contribution is 2.47. The highest BCUT2D eigenvalue weighted by molar-refractivity contribution is 6.20. The first-order valence-corrected chi connectivity index (χ1v) is 13.6. The molecule has 2 aliphatic rings. The summed E-state index contributed by atoms with van der Waals surface area (Å²) in [7, 11) is 1.92. The molecule has 40 heavy (non-hydrogen) atoms. The number of hydrogen-bond donors (Lipinski definition) is 3. The summed E-state index contributed by atoms with van der Waals surface area (Å²) in [5, 5.41) is 15.4. The number of fused-ring (bicyclic) bond motifs is 10. The minimum Gasteiger partial charge on any atom is -0.348 e. The number of amides is 3. The van der Waals surface area contributed by atoms with E-state index >= 15 is 0 Å². The van der Waals surface area contributed by atoms with Crippen molar-refractivity contribution in [3.8, 4) is 11.1 Å². The SMILES string of the molecule is CCCn1c2ccc(NC(=O)Nc3ccc(C)c(F)c3)cc2c2c3c(c4c(c21)CCc1nn(C)cc1-4)C(=O)NC3. The fourth-order valence-electron chi connectivity index (χ4n) is 6.41. The maximum absolute atomic E-state index is 14.0. The molecule has 7 rings (SSSR count). The maximum atomic E-state index is 14.0. The summed E-state index contributed by atoms with van der Waals surface area (Å²) >= 11 is 0. The molecule has 0 saturated carbocycles. The molecule has 8 nitrogen and oxygen atoms in total. The number of carbonyl (C=O) groups excluding carboxylic acids is 2. The summed E-state index contributed by atoms with van der Waals surface area (Å²) in [5.41, 5.74) is 9.73. The smallest absolute Gasteiger partial charge is 0.323 e. The second-order valence-electron chi connectivity index (χ2n) is 10.7. The molecule has 0 atom stereocenters. The van der Waals surface area contributed by atoms with Gasteiger partial charge in [-0.25, -0.2) is 9.18 Å². The molecule has 0 spiro atoms.